The number of hydrogen-bond donors (Lipinski definition) is 2. The average molecular weight is 352 g/mol. The highest BCUT2D eigenvalue weighted by Crippen LogP contribution is 2.28. The first-order valence-electron chi connectivity index (χ1n) is 8.66. The Morgan fingerprint density at radius 1 is 1.08 bits per heavy atom. The lowest BCUT2D eigenvalue weighted by Crippen LogP contribution is -2.53. The molecule has 4 rings (SSSR count). The first kappa shape index (κ1) is 16.4. The summed E-state index contributed by atoms with van der Waals surface area (Å²) in [5.74, 6) is 1.58. The van der Waals surface area contributed by atoms with Gasteiger partial charge < -0.3 is 20.0 Å². The van der Waals surface area contributed by atoms with Gasteiger partial charge in [-0.15, -0.1) is 0 Å². The monoisotopic (exact) mass is 352 g/mol. The van der Waals surface area contributed by atoms with Crippen LogP contribution in [0, 0.1) is 5.92 Å². The van der Waals surface area contributed by atoms with Gasteiger partial charge in [-0.2, -0.15) is 0 Å². The quantitative estimate of drug-likeness (QED) is 0.809. The van der Waals surface area contributed by atoms with E-state index in [1.54, 1.807) is 18.2 Å². The van der Waals surface area contributed by atoms with Crippen LogP contribution in [0.15, 0.2) is 58.6 Å². The molecule has 26 heavy (non-hydrogen) atoms. The molecule has 2 aliphatic heterocycles. The van der Waals surface area contributed by atoms with E-state index < -0.39 is 6.09 Å². The molecule has 0 aromatic heterocycles. The Labute approximate surface area is 151 Å². The predicted octanol–water partition coefficient (Wildman–Crippen LogP) is 1.96. The lowest BCUT2D eigenvalue weighted by atomic mass is 9.91. The van der Waals surface area contributed by atoms with E-state index in [1.165, 1.54) is 4.90 Å². The molecule has 2 N–H and O–H groups in total. The highest BCUT2D eigenvalue weighted by atomic mass is 16.4. The van der Waals surface area contributed by atoms with Gasteiger partial charge in [0.1, 0.15) is 11.6 Å². The Morgan fingerprint density at radius 3 is 2.54 bits per heavy atom. The predicted molar refractivity (Wildman–Crippen MR) is 98.8 cm³/mol. The summed E-state index contributed by atoms with van der Waals surface area (Å²) in [7, 11) is 0. The fourth-order valence-corrected chi connectivity index (χ4v) is 3.51. The number of para-hydroxylation sites is 1. The normalized spacial score (nSPS) is 24.8. The topological polar surface area (TPSA) is 88.7 Å². The van der Waals surface area contributed by atoms with Gasteiger partial charge >= 0.3 is 6.09 Å². The number of allylic oxidation sites excluding steroid dienone is 2. The number of rotatable bonds is 1. The molecule has 1 saturated heterocycles. The van der Waals surface area contributed by atoms with Crippen LogP contribution < -0.4 is 0 Å². The number of hydrogen-bond acceptors (Lipinski definition) is 5. The number of carbonyl (C=O) groups is 1. The molecule has 2 atom stereocenters. The third-order valence-corrected chi connectivity index (χ3v) is 4.91. The Kier molecular flexibility index (Phi) is 4.20. The summed E-state index contributed by atoms with van der Waals surface area (Å²) in [6, 6.07) is 6.98. The van der Waals surface area contributed by atoms with Crippen molar-refractivity contribution in [2.75, 3.05) is 26.2 Å². The average Bonchev–Trinajstić information content (AvgIpc) is 2.67. The molecule has 1 aromatic carbocycles. The summed E-state index contributed by atoms with van der Waals surface area (Å²) in [4.78, 5) is 24.2. The van der Waals surface area contributed by atoms with Crippen molar-refractivity contribution in [1.82, 2.24) is 9.80 Å². The molecule has 0 saturated carbocycles. The highest BCUT2D eigenvalue weighted by Gasteiger charge is 2.34. The highest BCUT2D eigenvalue weighted by molar-refractivity contribution is 6.10. The summed E-state index contributed by atoms with van der Waals surface area (Å²) in [5.41, 5.74) is 0.607. The fraction of sp³-hybridized carbons (Fsp3) is 0.316. The molecule has 1 aliphatic carbocycles. The van der Waals surface area contributed by atoms with Gasteiger partial charge in [-0.25, -0.2) is 9.79 Å². The van der Waals surface area contributed by atoms with Crippen molar-refractivity contribution >= 4 is 17.8 Å². The van der Waals surface area contributed by atoms with E-state index in [0.717, 1.165) is 5.84 Å². The number of phenols is 1. The molecule has 0 radical (unpaired) electrons. The second-order valence-electron chi connectivity index (χ2n) is 6.48. The molecule has 2 heterocycles. The number of aromatic hydroxyl groups is 1. The summed E-state index contributed by atoms with van der Waals surface area (Å²) in [5, 5.41) is 19.3. The zero-order valence-corrected chi connectivity index (χ0v) is 14.2. The van der Waals surface area contributed by atoms with E-state index in [0.29, 0.717) is 37.6 Å². The van der Waals surface area contributed by atoms with E-state index >= 15 is 0 Å². The molecule has 1 amide bonds. The maximum absolute atomic E-state index is 11.1. The Bertz CT molecular complexity index is 835. The van der Waals surface area contributed by atoms with Crippen LogP contribution >= 0.6 is 0 Å². The van der Waals surface area contributed by atoms with Gasteiger partial charge in [-0.3, -0.25) is 4.99 Å². The van der Waals surface area contributed by atoms with Crippen LogP contribution in [-0.4, -0.2) is 70.0 Å². The minimum atomic E-state index is -0.884. The maximum atomic E-state index is 11.1. The Balaban J connectivity index is 1.66. The van der Waals surface area contributed by atoms with Crippen LogP contribution in [0.2, 0.25) is 0 Å². The van der Waals surface area contributed by atoms with E-state index in [9.17, 15) is 9.90 Å². The largest absolute Gasteiger partial charge is 0.507 e. The van der Waals surface area contributed by atoms with Gasteiger partial charge in [-0.1, -0.05) is 36.4 Å². The lowest BCUT2D eigenvalue weighted by molar-refractivity contribution is 0.123. The van der Waals surface area contributed by atoms with E-state index in [4.69, 9.17) is 15.1 Å². The Morgan fingerprint density at radius 2 is 1.81 bits per heavy atom. The number of nitrogens with zero attached hydrogens (tertiary/aromatic N) is 4. The van der Waals surface area contributed by atoms with Crippen LogP contribution in [0.5, 0.6) is 5.75 Å². The first-order valence-corrected chi connectivity index (χ1v) is 8.66. The number of aliphatic imine (C=N–C) groups is 2. The third-order valence-electron chi connectivity index (χ3n) is 4.91. The van der Waals surface area contributed by atoms with Crippen LogP contribution in [0.25, 0.3) is 0 Å². The third kappa shape index (κ3) is 2.96. The second kappa shape index (κ2) is 6.67. The minimum absolute atomic E-state index is 0.0333. The number of amides is 1. The number of amidine groups is 2. The van der Waals surface area contributed by atoms with Crippen LogP contribution in [0.4, 0.5) is 4.79 Å². The van der Waals surface area contributed by atoms with E-state index in [1.807, 2.05) is 24.3 Å². The molecule has 3 aliphatic rings. The minimum Gasteiger partial charge on any atom is -0.507 e. The molecule has 2 unspecified atom stereocenters. The summed E-state index contributed by atoms with van der Waals surface area (Å²) in [6.45, 7) is 2.10. The molecule has 0 bridgehead atoms. The molecular weight excluding hydrogens is 332 g/mol. The van der Waals surface area contributed by atoms with Crippen molar-refractivity contribution in [3.63, 3.8) is 0 Å². The van der Waals surface area contributed by atoms with Gasteiger partial charge in [0, 0.05) is 26.2 Å². The molecule has 0 spiro atoms. The lowest BCUT2D eigenvalue weighted by Gasteiger charge is -2.39. The first-order chi connectivity index (χ1) is 12.6. The number of fused-ring (bicyclic) bond motifs is 1. The summed E-state index contributed by atoms with van der Waals surface area (Å²) < 4.78 is 0. The number of piperazine rings is 1. The van der Waals surface area contributed by atoms with Gasteiger partial charge in [0.25, 0.3) is 0 Å². The standard InChI is InChI=1S/C19H20N4O3/c24-16-8-4-2-6-14(16)17-20-15-7-3-1-5-13(15)18(21-17)22-9-11-23(12-10-22)19(25)26/h1-8,13,15,24H,9-12H2,(H,25,26). The molecule has 134 valence electrons. The molecule has 1 fully saturated rings. The zero-order chi connectivity index (χ0) is 18.1. The van der Waals surface area contributed by atoms with Gasteiger partial charge in [-0.05, 0) is 12.1 Å². The van der Waals surface area contributed by atoms with Crippen molar-refractivity contribution < 1.29 is 15.0 Å². The van der Waals surface area contributed by atoms with E-state index in [-0.39, 0.29) is 17.7 Å². The van der Waals surface area contributed by atoms with Crippen LogP contribution in [0.1, 0.15) is 5.56 Å². The van der Waals surface area contributed by atoms with Crippen molar-refractivity contribution in [2.45, 2.75) is 6.04 Å². The smallest absolute Gasteiger partial charge is 0.407 e. The Hall–Kier alpha value is -3.09. The molecular formula is C19H20N4O3. The second-order valence-corrected chi connectivity index (χ2v) is 6.48. The summed E-state index contributed by atoms with van der Waals surface area (Å²) in [6.07, 6.45) is 7.19. The molecule has 1 aromatic rings. The van der Waals surface area contributed by atoms with Crippen molar-refractivity contribution in [3.05, 3.63) is 54.1 Å². The number of carboxylic acid groups (broad SMARTS) is 1. The maximum Gasteiger partial charge on any atom is 0.407 e. The van der Waals surface area contributed by atoms with E-state index in [2.05, 4.69) is 11.0 Å². The van der Waals surface area contributed by atoms with Gasteiger partial charge in [0.2, 0.25) is 0 Å². The van der Waals surface area contributed by atoms with Gasteiger partial charge in [0.05, 0.1) is 17.5 Å². The zero-order valence-electron chi connectivity index (χ0n) is 14.2. The molecule has 7 heteroatoms. The van der Waals surface area contributed by atoms with Crippen molar-refractivity contribution in [1.29, 1.82) is 0 Å². The van der Waals surface area contributed by atoms with Gasteiger partial charge in [0.15, 0.2) is 5.84 Å². The van der Waals surface area contributed by atoms with Crippen LogP contribution in [0.3, 0.4) is 0 Å². The molecule has 7 nitrogen and oxygen atoms in total. The fourth-order valence-electron chi connectivity index (χ4n) is 3.51. The van der Waals surface area contributed by atoms with Crippen molar-refractivity contribution in [3.8, 4) is 5.75 Å². The number of phenolic OH excluding ortho intramolecular Hbond substituents is 1. The van der Waals surface area contributed by atoms with Crippen LogP contribution in [-0.2, 0) is 0 Å². The SMILES string of the molecule is O=C(O)N1CCN(C2=NC(c3ccccc3O)=NC3C=CC=CC23)CC1. The summed E-state index contributed by atoms with van der Waals surface area (Å²) >= 11 is 0. The number of benzene rings is 1. The van der Waals surface area contributed by atoms with Crippen molar-refractivity contribution in [2.24, 2.45) is 15.9 Å².